The molecule has 1 N–H and O–H groups in total. The van der Waals surface area contributed by atoms with E-state index in [0.29, 0.717) is 6.42 Å². The average Bonchev–Trinajstić information content (AvgIpc) is 2.57. The summed E-state index contributed by atoms with van der Waals surface area (Å²) in [6.45, 7) is 0. The minimum absolute atomic E-state index is 0.0422. The molecule has 0 aromatic heterocycles. The average molecular weight is 354 g/mol. The Hall–Kier alpha value is -0.440. The van der Waals surface area contributed by atoms with Gasteiger partial charge in [-0.25, -0.2) is 21.6 Å². The second kappa shape index (κ2) is 4.92. The van der Waals surface area contributed by atoms with E-state index >= 15 is 0 Å². The Morgan fingerprint density at radius 2 is 1.83 bits per heavy atom. The summed E-state index contributed by atoms with van der Waals surface area (Å²) in [5, 5.41) is 0. The molecule has 0 spiro atoms. The highest BCUT2D eigenvalue weighted by molar-refractivity contribution is 9.10. The molecule has 0 bridgehead atoms. The molecule has 0 amide bonds. The lowest BCUT2D eigenvalue weighted by Crippen LogP contribution is -2.35. The van der Waals surface area contributed by atoms with Crippen LogP contribution in [-0.2, 0) is 19.9 Å². The van der Waals surface area contributed by atoms with Gasteiger partial charge in [0.1, 0.15) is 0 Å². The fraction of sp³-hybridized carbons (Fsp3) is 0.400. The standard InChI is InChI=1S/C10H12BrNO4S2/c11-8-1-3-10(4-2-8)18(15,16)12-9-5-6-17(13,14)7-9/h1-4,9,12H,5-7H2/t9-/m1/s1. The number of rotatable bonds is 3. The van der Waals surface area contributed by atoms with E-state index in [-0.39, 0.29) is 16.4 Å². The summed E-state index contributed by atoms with van der Waals surface area (Å²) in [5.41, 5.74) is 0. The van der Waals surface area contributed by atoms with Crippen LogP contribution in [-0.4, -0.2) is 34.4 Å². The Bertz CT molecular complexity index is 637. The maximum atomic E-state index is 12.0. The molecule has 1 saturated heterocycles. The molecule has 0 unspecified atom stereocenters. The summed E-state index contributed by atoms with van der Waals surface area (Å²) in [7, 11) is -6.74. The van der Waals surface area contributed by atoms with Crippen molar-refractivity contribution in [1.82, 2.24) is 4.72 Å². The molecule has 0 radical (unpaired) electrons. The minimum atomic E-state index is -3.65. The lowest BCUT2D eigenvalue weighted by Gasteiger charge is -2.11. The minimum Gasteiger partial charge on any atom is -0.229 e. The van der Waals surface area contributed by atoms with Crippen molar-refractivity contribution in [2.75, 3.05) is 11.5 Å². The van der Waals surface area contributed by atoms with Gasteiger partial charge in [-0.3, -0.25) is 0 Å². The number of hydrogen-bond acceptors (Lipinski definition) is 4. The highest BCUT2D eigenvalue weighted by Crippen LogP contribution is 2.17. The number of sulfonamides is 1. The summed E-state index contributed by atoms with van der Waals surface area (Å²) in [4.78, 5) is 0.134. The van der Waals surface area contributed by atoms with E-state index in [1.165, 1.54) is 12.1 Å². The van der Waals surface area contributed by atoms with Crippen LogP contribution >= 0.6 is 15.9 Å². The van der Waals surface area contributed by atoms with Crippen LogP contribution in [0.25, 0.3) is 0 Å². The van der Waals surface area contributed by atoms with Crippen molar-refractivity contribution in [2.45, 2.75) is 17.4 Å². The molecule has 2 rings (SSSR count). The molecule has 1 heterocycles. The Morgan fingerprint density at radius 3 is 2.33 bits per heavy atom. The van der Waals surface area contributed by atoms with E-state index in [1.54, 1.807) is 12.1 Å². The monoisotopic (exact) mass is 353 g/mol. The molecule has 1 aromatic carbocycles. The van der Waals surface area contributed by atoms with E-state index in [4.69, 9.17) is 0 Å². The highest BCUT2D eigenvalue weighted by Gasteiger charge is 2.31. The van der Waals surface area contributed by atoms with Gasteiger partial charge in [0.05, 0.1) is 16.4 Å². The maximum Gasteiger partial charge on any atom is 0.240 e. The number of nitrogens with one attached hydrogen (secondary N) is 1. The molecule has 0 aliphatic carbocycles. The van der Waals surface area contributed by atoms with Gasteiger partial charge in [-0.05, 0) is 30.7 Å². The number of hydrogen-bond donors (Lipinski definition) is 1. The van der Waals surface area contributed by atoms with Crippen LogP contribution in [0.5, 0.6) is 0 Å². The highest BCUT2D eigenvalue weighted by atomic mass is 79.9. The Labute approximate surface area is 115 Å². The molecule has 1 fully saturated rings. The molecule has 1 aromatic rings. The number of halogens is 1. The van der Waals surface area contributed by atoms with Crippen molar-refractivity contribution < 1.29 is 16.8 Å². The van der Waals surface area contributed by atoms with E-state index in [9.17, 15) is 16.8 Å². The molecule has 18 heavy (non-hydrogen) atoms. The van der Waals surface area contributed by atoms with Crippen molar-refractivity contribution in [2.24, 2.45) is 0 Å². The fourth-order valence-corrected chi connectivity index (χ4v) is 5.10. The van der Waals surface area contributed by atoms with Crippen molar-refractivity contribution in [3.05, 3.63) is 28.7 Å². The van der Waals surface area contributed by atoms with Gasteiger partial charge < -0.3 is 0 Å². The largest absolute Gasteiger partial charge is 0.240 e. The SMILES string of the molecule is O=S1(=O)CC[C@@H](NS(=O)(=O)c2ccc(Br)cc2)C1. The van der Waals surface area contributed by atoms with E-state index in [1.807, 2.05) is 0 Å². The smallest absolute Gasteiger partial charge is 0.229 e. The van der Waals surface area contributed by atoms with Crippen LogP contribution in [0, 0.1) is 0 Å². The lowest BCUT2D eigenvalue weighted by atomic mass is 10.3. The van der Waals surface area contributed by atoms with Crippen LogP contribution in [0.4, 0.5) is 0 Å². The summed E-state index contributed by atoms with van der Waals surface area (Å²) in [6.07, 6.45) is 0.331. The zero-order valence-corrected chi connectivity index (χ0v) is 12.6. The predicted octanol–water partition coefficient (Wildman–Crippen LogP) is 0.914. The van der Waals surface area contributed by atoms with Gasteiger partial charge in [0.25, 0.3) is 0 Å². The zero-order valence-electron chi connectivity index (χ0n) is 9.34. The van der Waals surface area contributed by atoms with Gasteiger partial charge in [0, 0.05) is 10.5 Å². The first-order valence-corrected chi connectivity index (χ1v) is 9.37. The van der Waals surface area contributed by atoms with Crippen molar-refractivity contribution >= 4 is 35.8 Å². The quantitative estimate of drug-likeness (QED) is 0.875. The first kappa shape index (κ1) is 14.0. The molecule has 5 nitrogen and oxygen atoms in total. The number of sulfone groups is 1. The fourth-order valence-electron chi connectivity index (χ4n) is 1.79. The Balaban J connectivity index is 2.16. The molecular weight excluding hydrogens is 342 g/mol. The maximum absolute atomic E-state index is 12.0. The third-order valence-corrected chi connectivity index (χ3v) is 6.51. The normalized spacial score (nSPS) is 23.1. The predicted molar refractivity (Wildman–Crippen MR) is 71.5 cm³/mol. The number of benzene rings is 1. The molecule has 100 valence electrons. The lowest BCUT2D eigenvalue weighted by molar-refractivity contribution is 0.562. The van der Waals surface area contributed by atoms with Crippen LogP contribution in [0.3, 0.4) is 0 Å². The van der Waals surface area contributed by atoms with Gasteiger partial charge in [-0.15, -0.1) is 0 Å². The van der Waals surface area contributed by atoms with Crippen LogP contribution in [0.1, 0.15) is 6.42 Å². The van der Waals surface area contributed by atoms with E-state index in [2.05, 4.69) is 20.7 Å². The van der Waals surface area contributed by atoms with Crippen molar-refractivity contribution in [3.8, 4) is 0 Å². The summed E-state index contributed by atoms with van der Waals surface area (Å²) in [6, 6.07) is 5.66. The summed E-state index contributed by atoms with van der Waals surface area (Å²) in [5.74, 6) is -0.0801. The molecule has 1 atom stereocenters. The summed E-state index contributed by atoms with van der Waals surface area (Å²) < 4.78 is 49.7. The van der Waals surface area contributed by atoms with Gasteiger partial charge in [-0.1, -0.05) is 15.9 Å². The van der Waals surface area contributed by atoms with Crippen LogP contribution < -0.4 is 4.72 Å². The molecule has 1 aliphatic heterocycles. The topological polar surface area (TPSA) is 80.3 Å². The molecular formula is C10H12BrNO4S2. The molecule has 1 aliphatic rings. The molecule has 8 heteroatoms. The third kappa shape index (κ3) is 3.31. The Morgan fingerprint density at radius 1 is 1.22 bits per heavy atom. The first-order chi connectivity index (χ1) is 8.28. The van der Waals surface area contributed by atoms with Crippen LogP contribution in [0.2, 0.25) is 0 Å². The first-order valence-electron chi connectivity index (χ1n) is 5.27. The van der Waals surface area contributed by atoms with Gasteiger partial charge >= 0.3 is 0 Å². The third-order valence-electron chi connectivity index (χ3n) is 2.68. The van der Waals surface area contributed by atoms with Crippen molar-refractivity contribution in [3.63, 3.8) is 0 Å². The van der Waals surface area contributed by atoms with E-state index in [0.717, 1.165) is 4.47 Å². The second-order valence-electron chi connectivity index (χ2n) is 4.18. The zero-order chi connectivity index (χ0) is 13.4. The van der Waals surface area contributed by atoms with Crippen molar-refractivity contribution in [1.29, 1.82) is 0 Å². The van der Waals surface area contributed by atoms with Crippen LogP contribution in [0.15, 0.2) is 33.6 Å². The van der Waals surface area contributed by atoms with Gasteiger partial charge in [-0.2, -0.15) is 0 Å². The van der Waals surface area contributed by atoms with Gasteiger partial charge in [0.15, 0.2) is 9.84 Å². The Kier molecular flexibility index (Phi) is 3.82. The summed E-state index contributed by atoms with van der Waals surface area (Å²) >= 11 is 3.22. The van der Waals surface area contributed by atoms with E-state index < -0.39 is 25.9 Å². The van der Waals surface area contributed by atoms with Gasteiger partial charge in [0.2, 0.25) is 10.0 Å². The molecule has 0 saturated carbocycles. The second-order valence-corrected chi connectivity index (χ2v) is 9.03.